The van der Waals surface area contributed by atoms with Crippen LogP contribution in [-0.4, -0.2) is 13.7 Å². The van der Waals surface area contributed by atoms with E-state index in [0.29, 0.717) is 33.5 Å². The molecule has 0 atom stereocenters. The van der Waals surface area contributed by atoms with E-state index >= 15 is 0 Å². The molecule has 0 unspecified atom stereocenters. The lowest BCUT2D eigenvalue weighted by Crippen LogP contribution is -2.14. The van der Waals surface area contributed by atoms with Gasteiger partial charge >= 0.3 is 0 Å². The van der Waals surface area contributed by atoms with Gasteiger partial charge in [-0.2, -0.15) is 26.3 Å². The van der Waals surface area contributed by atoms with Crippen molar-refractivity contribution < 1.29 is 13.3 Å². The van der Waals surface area contributed by atoms with Crippen molar-refractivity contribution in [1.29, 1.82) is 26.3 Å². The molecule has 0 saturated carbocycles. The minimum atomic E-state index is -0.127. The Balaban J connectivity index is 0.000000108. The Morgan fingerprint density at radius 2 is 0.563 bits per heavy atom. The highest BCUT2D eigenvalue weighted by molar-refractivity contribution is 6.21. The fourth-order valence-corrected chi connectivity index (χ4v) is 22.8. The van der Waals surface area contributed by atoms with Crippen LogP contribution in [0.1, 0.15) is 103 Å². The topological polar surface area (TPSA) is 178 Å². The van der Waals surface area contributed by atoms with Crippen molar-refractivity contribution in [2.75, 3.05) is 0 Å². The number of nitrogens with zero attached hydrogens (tertiary/aromatic N) is 9. The number of rotatable bonds is 6. The van der Waals surface area contributed by atoms with Gasteiger partial charge in [-0.25, -0.2) is 4.85 Å². The van der Waals surface area contributed by atoms with Gasteiger partial charge < -0.3 is 27.0 Å². The molecular formula is C123H75N9O3. The molecule has 0 aliphatic heterocycles. The van der Waals surface area contributed by atoms with E-state index < -0.39 is 0 Å². The summed E-state index contributed by atoms with van der Waals surface area (Å²) in [6.45, 7) is 21.6. The highest BCUT2D eigenvalue weighted by atomic mass is 16.3. The Bertz CT molecular complexity index is 9540. The van der Waals surface area contributed by atoms with E-state index in [1.54, 1.807) is 0 Å². The van der Waals surface area contributed by atoms with Crippen LogP contribution in [-0.2, 0) is 16.2 Å². The molecule has 6 aromatic heterocycles. The van der Waals surface area contributed by atoms with E-state index in [-0.39, 0.29) is 16.2 Å². The Labute approximate surface area is 775 Å². The molecule has 630 valence electrons. The molecule has 0 saturated heterocycles. The summed E-state index contributed by atoms with van der Waals surface area (Å²) < 4.78 is 27.5. The van der Waals surface area contributed by atoms with Gasteiger partial charge in [-0.15, -0.1) is 0 Å². The molecule has 18 aromatic carbocycles. The maximum Gasteiger partial charge on any atom is 0.188 e. The molecule has 6 heterocycles. The van der Waals surface area contributed by atoms with Gasteiger partial charge in [-0.05, 0) is 159 Å². The van der Waals surface area contributed by atoms with E-state index in [2.05, 4.69) is 297 Å². The number of aromatic nitrogens is 3. The second kappa shape index (κ2) is 29.4. The Kier molecular flexibility index (Phi) is 17.2. The van der Waals surface area contributed by atoms with Crippen LogP contribution in [0, 0.1) is 63.2 Å². The number of fused-ring (bicyclic) bond motifs is 30. The van der Waals surface area contributed by atoms with Gasteiger partial charge in [0.05, 0.1) is 109 Å². The van der Waals surface area contributed by atoms with Crippen molar-refractivity contribution in [2.45, 2.75) is 57.8 Å². The molecule has 3 aliphatic carbocycles. The summed E-state index contributed by atoms with van der Waals surface area (Å²) in [7, 11) is 0. The van der Waals surface area contributed by atoms with Crippen LogP contribution in [0.2, 0.25) is 0 Å². The molecule has 0 amide bonds. The van der Waals surface area contributed by atoms with Crippen LogP contribution in [0.5, 0.6) is 0 Å². The highest BCUT2D eigenvalue weighted by Crippen LogP contribution is 2.58. The lowest BCUT2D eigenvalue weighted by atomic mass is 9.82. The minimum absolute atomic E-state index is 0.121. The summed E-state index contributed by atoms with van der Waals surface area (Å²) in [5.74, 6) is 0. The lowest BCUT2D eigenvalue weighted by molar-refractivity contribution is 0.653. The summed E-state index contributed by atoms with van der Waals surface area (Å²) >= 11 is 0. The van der Waals surface area contributed by atoms with Gasteiger partial charge in [-0.3, -0.25) is 0 Å². The highest BCUT2D eigenvalue weighted by Gasteiger charge is 2.42. The minimum Gasteiger partial charge on any atom is -0.455 e. The molecule has 24 aromatic rings. The molecule has 0 N–H and O–H groups in total. The molecule has 0 radical (unpaired) electrons. The molecule has 27 rings (SSSR count). The number of furan rings is 3. The first kappa shape index (κ1) is 78.9. The standard InChI is InChI=1S/3C41H25N3O/c1-41(2)33-13-6-4-10-30(33)38-34(41)18-17-29-27-11-8-12-28(39(27)45-40(29)38)32-22-25(43-3)16-20-37(32)44-35-14-7-5-9-26(35)31-21-24(23-42)15-19-36(31)44;1-41(2)33-15-5-3-11-31(33)37-34(41)19-18-30-29-14-8-13-28(39(29)45-40(30)37)27-12-7-9-25(23-43)38(27)44-35-16-6-4-10-26(35)32-21-24(22-42)17-20-36(32)44;1-41(2)33-12-5-3-9-31(33)38-34(41)18-17-30-29-11-7-10-28(39(29)45-40(30)38)27-16-14-25(23-43)21-37(27)44-35-13-6-4-8-26(35)32-20-24(22-42)15-19-36(32)44/h4-22H,1-2H3;2*3-21H,1-2H3. The predicted octanol–water partition coefficient (Wildman–Crippen LogP) is 31.9. The van der Waals surface area contributed by atoms with Gasteiger partial charge in [-0.1, -0.05) is 284 Å². The predicted molar refractivity (Wildman–Crippen MR) is 543 cm³/mol. The summed E-state index contributed by atoms with van der Waals surface area (Å²) in [5, 5.41) is 62.0. The number of nitriles is 5. The van der Waals surface area contributed by atoms with Gasteiger partial charge in [0.15, 0.2) is 5.69 Å². The van der Waals surface area contributed by atoms with Gasteiger partial charge in [0, 0.05) is 125 Å². The quantitative estimate of drug-likeness (QED) is 0.148. The Hall–Kier alpha value is -18.3. The third-order valence-electron chi connectivity index (χ3n) is 29.0. The normalized spacial score (nSPS) is 13.2. The van der Waals surface area contributed by atoms with Crippen molar-refractivity contribution in [3.8, 4) is 114 Å². The van der Waals surface area contributed by atoms with Crippen molar-refractivity contribution in [1.82, 2.24) is 13.7 Å². The monoisotopic (exact) mass is 1730 g/mol. The maximum atomic E-state index is 10.5. The van der Waals surface area contributed by atoms with Gasteiger partial charge in [0.1, 0.15) is 39.6 Å². The van der Waals surface area contributed by atoms with Crippen molar-refractivity contribution in [3.63, 3.8) is 0 Å². The first-order chi connectivity index (χ1) is 66.0. The fraction of sp³-hybridized carbons (Fsp3) is 0.0732. The van der Waals surface area contributed by atoms with E-state index in [0.717, 1.165) is 187 Å². The summed E-state index contributed by atoms with van der Waals surface area (Å²) in [6.07, 6.45) is 0. The largest absolute Gasteiger partial charge is 0.455 e. The first-order valence-electron chi connectivity index (χ1n) is 45.2. The number of benzene rings is 18. The van der Waals surface area contributed by atoms with Crippen LogP contribution in [0.3, 0.4) is 0 Å². The van der Waals surface area contributed by atoms with Crippen LogP contribution in [0.25, 0.3) is 220 Å². The second-order valence-electron chi connectivity index (χ2n) is 37.0. The van der Waals surface area contributed by atoms with Crippen LogP contribution in [0.15, 0.2) is 359 Å². The lowest BCUT2D eigenvalue weighted by Gasteiger charge is -2.21. The van der Waals surface area contributed by atoms with Crippen LogP contribution >= 0.6 is 0 Å². The van der Waals surface area contributed by atoms with Crippen molar-refractivity contribution in [2.24, 2.45) is 0 Å². The molecule has 135 heavy (non-hydrogen) atoms. The summed E-state index contributed by atoms with van der Waals surface area (Å²) in [5.41, 5.74) is 37.4. The number of hydrogen-bond donors (Lipinski definition) is 0. The van der Waals surface area contributed by atoms with Crippen molar-refractivity contribution in [3.05, 3.63) is 418 Å². The Morgan fingerprint density at radius 3 is 0.985 bits per heavy atom. The molecule has 0 bridgehead atoms. The number of hydrogen-bond acceptors (Lipinski definition) is 8. The molecule has 12 heteroatoms. The zero-order valence-corrected chi connectivity index (χ0v) is 74.2. The average molecular weight is 1730 g/mol. The van der Waals surface area contributed by atoms with Gasteiger partial charge in [0.25, 0.3) is 0 Å². The molecule has 0 fully saturated rings. The molecule has 3 aliphatic rings. The van der Waals surface area contributed by atoms with E-state index in [4.69, 9.17) is 19.8 Å². The van der Waals surface area contributed by atoms with Crippen molar-refractivity contribution >= 4 is 137 Å². The maximum absolute atomic E-state index is 10.5. The smallest absolute Gasteiger partial charge is 0.188 e. The summed E-state index contributed by atoms with van der Waals surface area (Å²) in [6, 6.07) is 130. The third kappa shape index (κ3) is 11.3. The van der Waals surface area contributed by atoms with E-state index in [9.17, 15) is 26.3 Å². The number of para-hydroxylation sites is 7. The zero-order chi connectivity index (χ0) is 91.3. The van der Waals surface area contributed by atoms with Crippen LogP contribution < -0.4 is 0 Å². The SMILES string of the molecule is CC1(C)c2ccccc2-c2c1ccc1c2oc2c(-c3ccc(C#N)cc3-n3c4ccccc4c4cc(C#N)ccc43)cccc21.CC1(C)c2ccccc2-c2c1ccc1c2oc2c(-c3cccc(C#N)c3-n3c4ccccc4c4cc(C#N)ccc43)cccc21.[C-]#[N+]c1ccc(-n2c3ccccc3c3cc(C#N)ccc32)c(-c2cccc3c2oc2c4c(ccc23)C(C)(C)c2ccccc2-4)c1. The van der Waals surface area contributed by atoms with Crippen LogP contribution in [0.4, 0.5) is 5.69 Å². The zero-order valence-electron chi connectivity index (χ0n) is 74.2. The van der Waals surface area contributed by atoms with E-state index in [1.807, 2.05) is 140 Å². The molecule has 12 nitrogen and oxygen atoms in total. The van der Waals surface area contributed by atoms with E-state index in [1.165, 1.54) is 61.2 Å². The summed E-state index contributed by atoms with van der Waals surface area (Å²) in [4.78, 5) is 3.81. The average Bonchev–Trinajstić information content (AvgIpc) is 1.55. The Morgan fingerprint density at radius 1 is 0.237 bits per heavy atom. The first-order valence-corrected chi connectivity index (χ1v) is 45.2. The second-order valence-corrected chi connectivity index (χ2v) is 37.0. The van der Waals surface area contributed by atoms with Gasteiger partial charge in [0.2, 0.25) is 0 Å². The third-order valence-corrected chi connectivity index (χ3v) is 29.0. The molecular weight excluding hydrogens is 1650 g/mol. The molecule has 0 spiro atoms. The fourth-order valence-electron chi connectivity index (χ4n) is 22.8.